The molecule has 6 nitrogen and oxygen atoms in total. The molecule has 6 heteroatoms. The molecule has 0 saturated heterocycles. The molecule has 1 amide bonds. The summed E-state index contributed by atoms with van der Waals surface area (Å²) in [6.45, 7) is 7.31. The van der Waals surface area contributed by atoms with Gasteiger partial charge in [-0.3, -0.25) is 4.79 Å². The molecule has 0 radical (unpaired) electrons. The van der Waals surface area contributed by atoms with Crippen molar-refractivity contribution < 1.29 is 24.5 Å². The largest absolute Gasteiger partial charge is 0.493 e. The third kappa shape index (κ3) is 4.74. The first-order valence-electron chi connectivity index (χ1n) is 15.0. The van der Waals surface area contributed by atoms with E-state index in [1.54, 1.807) is 20.3 Å². The van der Waals surface area contributed by atoms with Gasteiger partial charge in [-0.15, -0.1) is 0 Å². The minimum Gasteiger partial charge on any atom is -0.493 e. The van der Waals surface area contributed by atoms with E-state index < -0.39 is 0 Å². The molecule has 3 N–H and O–H groups in total. The molecule has 1 aromatic rings. The standard InChI is InChI=1S/C32H49NO5/c1-19(6-11-29(36)33-21-7-10-27(37-4)28(18-21)38-5)23-8-9-24-30-25(13-15-32(23,24)3)31(2)14-12-22(34)16-20(31)17-26(30)35/h7,10,18-20,22-26,30,34-35H,6,8-9,11-17H2,1-5H3,(H,33,36). The van der Waals surface area contributed by atoms with Crippen LogP contribution in [0.15, 0.2) is 18.2 Å². The maximum absolute atomic E-state index is 12.8. The van der Waals surface area contributed by atoms with Gasteiger partial charge in [-0.2, -0.15) is 0 Å². The number of rotatable bonds is 7. The quantitative estimate of drug-likeness (QED) is 0.402. The monoisotopic (exact) mass is 527 g/mol. The van der Waals surface area contributed by atoms with E-state index in [1.165, 1.54) is 25.7 Å². The Labute approximate surface area is 228 Å². The van der Waals surface area contributed by atoms with Crippen molar-refractivity contribution in [1.29, 1.82) is 0 Å². The molecule has 4 fully saturated rings. The number of methoxy groups -OCH3 is 2. The normalized spacial score (nSPS) is 40.9. The van der Waals surface area contributed by atoms with E-state index in [0.717, 1.165) is 37.8 Å². The first kappa shape index (κ1) is 27.8. The summed E-state index contributed by atoms with van der Waals surface area (Å²) in [5.74, 6) is 4.31. The second-order valence-corrected chi connectivity index (χ2v) is 13.6. The van der Waals surface area contributed by atoms with Crippen LogP contribution in [-0.2, 0) is 4.79 Å². The minimum atomic E-state index is -0.241. The van der Waals surface area contributed by atoms with Crippen LogP contribution in [0.2, 0.25) is 0 Å². The molecule has 4 aliphatic rings. The number of aliphatic hydroxyl groups is 2. The summed E-state index contributed by atoms with van der Waals surface area (Å²) in [4.78, 5) is 12.8. The second kappa shape index (κ2) is 10.6. The summed E-state index contributed by atoms with van der Waals surface area (Å²) < 4.78 is 10.7. The molecule has 212 valence electrons. The van der Waals surface area contributed by atoms with Crippen molar-refractivity contribution in [3.8, 4) is 11.5 Å². The molecule has 0 aliphatic heterocycles. The van der Waals surface area contributed by atoms with Crippen LogP contribution < -0.4 is 14.8 Å². The average Bonchev–Trinajstić information content (AvgIpc) is 3.25. The average molecular weight is 528 g/mol. The van der Waals surface area contributed by atoms with Gasteiger partial charge in [0.25, 0.3) is 0 Å². The van der Waals surface area contributed by atoms with Crippen LogP contribution in [0.1, 0.15) is 85.0 Å². The Morgan fingerprint density at radius 1 is 1.00 bits per heavy atom. The Morgan fingerprint density at radius 3 is 2.45 bits per heavy atom. The number of amides is 1. The fourth-order valence-corrected chi connectivity index (χ4v) is 9.87. The van der Waals surface area contributed by atoms with Crippen molar-refractivity contribution in [1.82, 2.24) is 0 Å². The lowest BCUT2D eigenvalue weighted by Crippen LogP contribution is -2.58. The highest BCUT2D eigenvalue weighted by atomic mass is 16.5. The zero-order valence-electron chi connectivity index (χ0n) is 24.0. The molecule has 0 heterocycles. The fourth-order valence-electron chi connectivity index (χ4n) is 9.87. The SMILES string of the molecule is COc1ccc(NC(=O)CCC(C)C2CCC3C4C(O)CC5CC(O)CCC5(C)C4CCC23C)cc1OC. The predicted molar refractivity (Wildman–Crippen MR) is 149 cm³/mol. The summed E-state index contributed by atoms with van der Waals surface area (Å²) in [6.07, 6.45) is 9.51. The Balaban J connectivity index is 1.22. The molecule has 38 heavy (non-hydrogen) atoms. The van der Waals surface area contributed by atoms with E-state index in [1.807, 2.05) is 12.1 Å². The smallest absolute Gasteiger partial charge is 0.224 e. The van der Waals surface area contributed by atoms with Crippen LogP contribution in [0.5, 0.6) is 11.5 Å². The lowest BCUT2D eigenvalue weighted by molar-refractivity contribution is -0.174. The number of benzene rings is 1. The van der Waals surface area contributed by atoms with Crippen molar-refractivity contribution in [2.75, 3.05) is 19.5 Å². The molecule has 0 aromatic heterocycles. The van der Waals surface area contributed by atoms with E-state index in [0.29, 0.717) is 53.4 Å². The van der Waals surface area contributed by atoms with Crippen molar-refractivity contribution in [2.45, 2.75) is 97.2 Å². The van der Waals surface area contributed by atoms with E-state index in [2.05, 4.69) is 26.1 Å². The highest BCUT2D eigenvalue weighted by Gasteiger charge is 2.62. The molecule has 10 atom stereocenters. The molecule has 5 rings (SSSR count). The van der Waals surface area contributed by atoms with Gasteiger partial charge >= 0.3 is 0 Å². The Hall–Kier alpha value is -1.79. The number of aliphatic hydroxyl groups excluding tert-OH is 2. The predicted octanol–water partition coefficient (Wildman–Crippen LogP) is 6.05. The first-order chi connectivity index (χ1) is 18.1. The van der Waals surface area contributed by atoms with Gasteiger partial charge in [-0.1, -0.05) is 20.8 Å². The zero-order valence-corrected chi connectivity index (χ0v) is 24.0. The van der Waals surface area contributed by atoms with Gasteiger partial charge in [0.15, 0.2) is 11.5 Å². The molecular weight excluding hydrogens is 478 g/mol. The van der Waals surface area contributed by atoms with Crippen molar-refractivity contribution in [3.05, 3.63) is 18.2 Å². The van der Waals surface area contributed by atoms with Crippen molar-refractivity contribution in [3.63, 3.8) is 0 Å². The summed E-state index contributed by atoms with van der Waals surface area (Å²) in [5, 5.41) is 24.8. The Kier molecular flexibility index (Phi) is 7.78. The maximum atomic E-state index is 12.8. The molecule has 0 bridgehead atoms. The number of carbonyl (C=O) groups is 1. The number of fused-ring (bicyclic) bond motifs is 5. The van der Waals surface area contributed by atoms with Gasteiger partial charge < -0.3 is 25.0 Å². The number of hydrogen-bond acceptors (Lipinski definition) is 5. The van der Waals surface area contributed by atoms with Gasteiger partial charge in [0, 0.05) is 18.2 Å². The second-order valence-electron chi connectivity index (χ2n) is 13.6. The van der Waals surface area contributed by atoms with Crippen LogP contribution in [0, 0.1) is 46.3 Å². The Morgan fingerprint density at radius 2 is 1.71 bits per heavy atom. The van der Waals surface area contributed by atoms with Crippen LogP contribution in [0.25, 0.3) is 0 Å². The van der Waals surface area contributed by atoms with E-state index in [4.69, 9.17) is 9.47 Å². The van der Waals surface area contributed by atoms with Crippen LogP contribution in [-0.4, -0.2) is 42.5 Å². The summed E-state index contributed by atoms with van der Waals surface area (Å²) in [5.41, 5.74) is 1.22. The van der Waals surface area contributed by atoms with Crippen molar-refractivity contribution in [2.24, 2.45) is 46.3 Å². The third-order valence-electron chi connectivity index (χ3n) is 11.9. The number of hydrogen-bond donors (Lipinski definition) is 3. The first-order valence-corrected chi connectivity index (χ1v) is 15.0. The molecule has 4 saturated carbocycles. The molecule has 1 aromatic carbocycles. The number of carbonyl (C=O) groups excluding carboxylic acids is 1. The van der Waals surface area contributed by atoms with Gasteiger partial charge in [-0.05, 0) is 116 Å². The molecule has 4 aliphatic carbocycles. The number of nitrogens with one attached hydrogen (secondary N) is 1. The topological polar surface area (TPSA) is 88.0 Å². The van der Waals surface area contributed by atoms with Crippen LogP contribution >= 0.6 is 0 Å². The van der Waals surface area contributed by atoms with Gasteiger partial charge in [-0.25, -0.2) is 0 Å². The molecule has 10 unspecified atom stereocenters. The summed E-state index contributed by atoms with van der Waals surface area (Å²) in [6, 6.07) is 5.46. The van der Waals surface area contributed by atoms with Gasteiger partial charge in [0.2, 0.25) is 5.91 Å². The summed E-state index contributed by atoms with van der Waals surface area (Å²) in [7, 11) is 3.20. The van der Waals surface area contributed by atoms with Crippen LogP contribution in [0.3, 0.4) is 0 Å². The van der Waals surface area contributed by atoms with Crippen molar-refractivity contribution >= 4 is 11.6 Å². The summed E-state index contributed by atoms with van der Waals surface area (Å²) >= 11 is 0. The van der Waals surface area contributed by atoms with E-state index in [9.17, 15) is 15.0 Å². The minimum absolute atomic E-state index is 0.0358. The fraction of sp³-hybridized carbons (Fsp3) is 0.781. The van der Waals surface area contributed by atoms with Gasteiger partial charge in [0.1, 0.15) is 0 Å². The van der Waals surface area contributed by atoms with E-state index >= 15 is 0 Å². The Bertz CT molecular complexity index is 1010. The third-order valence-corrected chi connectivity index (χ3v) is 11.9. The lowest BCUT2D eigenvalue weighted by Gasteiger charge is -2.62. The maximum Gasteiger partial charge on any atom is 0.224 e. The highest BCUT2D eigenvalue weighted by molar-refractivity contribution is 5.91. The zero-order chi connectivity index (χ0) is 27.2. The van der Waals surface area contributed by atoms with Crippen LogP contribution in [0.4, 0.5) is 5.69 Å². The highest BCUT2D eigenvalue weighted by Crippen LogP contribution is 2.68. The number of anilines is 1. The lowest BCUT2D eigenvalue weighted by atomic mass is 9.43. The molecular formula is C32H49NO5. The number of ether oxygens (including phenoxy) is 2. The van der Waals surface area contributed by atoms with Gasteiger partial charge in [0.05, 0.1) is 26.4 Å². The van der Waals surface area contributed by atoms with E-state index in [-0.39, 0.29) is 28.9 Å². The molecule has 0 spiro atoms.